The van der Waals surface area contributed by atoms with E-state index in [0.29, 0.717) is 0 Å². The van der Waals surface area contributed by atoms with Gasteiger partial charge in [-0.15, -0.1) is 0 Å². The number of hydrogen-bond acceptors (Lipinski definition) is 4. The van der Waals surface area contributed by atoms with Gasteiger partial charge in [-0.1, -0.05) is 60.7 Å². The van der Waals surface area contributed by atoms with E-state index in [1.54, 1.807) is 12.1 Å². The van der Waals surface area contributed by atoms with Crippen LogP contribution in [0.5, 0.6) is 11.5 Å². The second-order valence-corrected chi connectivity index (χ2v) is 6.01. The van der Waals surface area contributed by atoms with Gasteiger partial charge in [0.1, 0.15) is 35.8 Å². The Morgan fingerprint density at radius 2 is 1.11 bits per heavy atom. The number of ether oxygens (including phenoxy) is 2. The average Bonchev–Trinajstić information content (AvgIpc) is 2.71. The van der Waals surface area contributed by atoms with Crippen molar-refractivity contribution in [3.8, 4) is 11.5 Å². The third kappa shape index (κ3) is 4.67. The summed E-state index contributed by atoms with van der Waals surface area (Å²) in [6, 6.07) is 20.9. The van der Waals surface area contributed by atoms with Crippen LogP contribution in [0.25, 0.3) is 0 Å². The third-order valence-electron chi connectivity index (χ3n) is 4.00. The number of rotatable bonds is 8. The molecule has 0 saturated carbocycles. The van der Waals surface area contributed by atoms with Crippen LogP contribution in [0.2, 0.25) is 0 Å². The van der Waals surface area contributed by atoms with E-state index in [-0.39, 0.29) is 35.8 Å². The highest BCUT2D eigenvalue weighted by atomic mass is 16.5. The fourth-order valence-electron chi connectivity index (χ4n) is 2.63. The Morgan fingerprint density at radius 1 is 0.679 bits per heavy atom. The molecular weight excluding hydrogens is 360 g/mol. The molecule has 0 aromatic heterocycles. The first kappa shape index (κ1) is 19.0. The molecule has 0 aliphatic carbocycles. The van der Waals surface area contributed by atoms with Crippen molar-refractivity contribution in [3.05, 3.63) is 95.1 Å². The second kappa shape index (κ2) is 8.73. The Balaban J connectivity index is 1.89. The minimum atomic E-state index is -1.30. The monoisotopic (exact) mass is 378 g/mol. The molecule has 3 aromatic carbocycles. The molecule has 2 N–H and O–H groups in total. The summed E-state index contributed by atoms with van der Waals surface area (Å²) in [5.74, 6) is -2.65. The Hall–Kier alpha value is -3.80. The van der Waals surface area contributed by atoms with Crippen molar-refractivity contribution in [2.45, 2.75) is 13.2 Å². The zero-order valence-electron chi connectivity index (χ0n) is 14.9. The van der Waals surface area contributed by atoms with E-state index in [9.17, 15) is 19.8 Å². The van der Waals surface area contributed by atoms with Crippen molar-refractivity contribution in [1.82, 2.24) is 0 Å². The molecule has 0 unspecified atom stereocenters. The predicted octanol–water partition coefficient (Wildman–Crippen LogP) is 4.24. The van der Waals surface area contributed by atoms with Crippen LogP contribution in [-0.2, 0) is 13.2 Å². The van der Waals surface area contributed by atoms with Crippen LogP contribution < -0.4 is 9.47 Å². The fourth-order valence-corrected chi connectivity index (χ4v) is 2.63. The third-order valence-corrected chi connectivity index (χ3v) is 4.00. The van der Waals surface area contributed by atoms with Gasteiger partial charge in [0.2, 0.25) is 0 Å². The molecule has 0 spiro atoms. The molecule has 142 valence electrons. The van der Waals surface area contributed by atoms with Gasteiger partial charge >= 0.3 is 11.9 Å². The number of carboxylic acid groups (broad SMARTS) is 2. The zero-order chi connectivity index (χ0) is 19.9. The maximum atomic E-state index is 11.7. The van der Waals surface area contributed by atoms with Gasteiger partial charge in [-0.2, -0.15) is 0 Å². The maximum Gasteiger partial charge on any atom is 0.339 e. The average molecular weight is 378 g/mol. The molecule has 3 aromatic rings. The molecule has 0 aliphatic rings. The number of carboxylic acids is 2. The fraction of sp³-hybridized carbons (Fsp3) is 0.0909. The van der Waals surface area contributed by atoms with E-state index in [1.807, 2.05) is 48.5 Å². The summed E-state index contributed by atoms with van der Waals surface area (Å²) < 4.78 is 11.2. The van der Waals surface area contributed by atoms with Gasteiger partial charge in [0.15, 0.2) is 0 Å². The van der Waals surface area contributed by atoms with Crippen molar-refractivity contribution < 1.29 is 29.3 Å². The lowest BCUT2D eigenvalue weighted by Crippen LogP contribution is -2.10. The van der Waals surface area contributed by atoms with Gasteiger partial charge < -0.3 is 19.7 Å². The van der Waals surface area contributed by atoms with Crippen LogP contribution in [0, 0.1) is 0 Å². The summed E-state index contributed by atoms with van der Waals surface area (Å²) in [6.45, 7) is 0.231. The van der Waals surface area contributed by atoms with Crippen molar-refractivity contribution >= 4 is 11.9 Å². The second-order valence-electron chi connectivity index (χ2n) is 6.01. The quantitative estimate of drug-likeness (QED) is 0.609. The molecule has 0 radical (unpaired) electrons. The lowest BCUT2D eigenvalue weighted by molar-refractivity contribution is 0.0686. The predicted molar refractivity (Wildman–Crippen MR) is 102 cm³/mol. The summed E-state index contributed by atoms with van der Waals surface area (Å²) in [7, 11) is 0. The number of aromatic carboxylic acids is 2. The van der Waals surface area contributed by atoms with Crippen LogP contribution in [-0.4, -0.2) is 22.2 Å². The first-order chi connectivity index (χ1) is 13.5. The molecule has 0 atom stereocenters. The molecule has 6 nitrogen and oxygen atoms in total. The van der Waals surface area contributed by atoms with E-state index in [4.69, 9.17) is 9.47 Å². The van der Waals surface area contributed by atoms with Crippen LogP contribution in [0.15, 0.2) is 72.8 Å². The van der Waals surface area contributed by atoms with Gasteiger partial charge in [0.05, 0.1) is 0 Å². The van der Waals surface area contributed by atoms with E-state index < -0.39 is 11.9 Å². The number of benzene rings is 3. The summed E-state index contributed by atoms with van der Waals surface area (Å²) in [5.41, 5.74) is 1.14. The zero-order valence-corrected chi connectivity index (χ0v) is 14.9. The Labute approximate surface area is 161 Å². The molecule has 0 saturated heterocycles. The van der Waals surface area contributed by atoms with Crippen molar-refractivity contribution in [1.29, 1.82) is 0 Å². The normalized spacial score (nSPS) is 10.3. The standard InChI is InChI=1S/C22H18O6/c23-21(24)18-11-17(27-13-15-7-3-1-4-8-15)12-19(22(25)26)20(18)28-14-16-9-5-2-6-10-16/h1-12H,13-14H2,(H,23,24)(H,25,26). The van der Waals surface area contributed by atoms with Crippen LogP contribution >= 0.6 is 0 Å². The summed E-state index contributed by atoms with van der Waals surface area (Å²) in [5, 5.41) is 19.1. The van der Waals surface area contributed by atoms with Gasteiger partial charge in [-0.3, -0.25) is 0 Å². The van der Waals surface area contributed by atoms with E-state index >= 15 is 0 Å². The largest absolute Gasteiger partial charge is 0.489 e. The highest BCUT2D eigenvalue weighted by molar-refractivity contribution is 5.99. The highest BCUT2D eigenvalue weighted by Crippen LogP contribution is 2.31. The first-order valence-electron chi connectivity index (χ1n) is 8.52. The molecule has 6 heteroatoms. The Morgan fingerprint density at radius 3 is 1.54 bits per heavy atom. The molecule has 0 amide bonds. The lowest BCUT2D eigenvalue weighted by atomic mass is 10.1. The molecule has 0 heterocycles. The van der Waals surface area contributed by atoms with Gasteiger partial charge in [-0.25, -0.2) is 9.59 Å². The number of hydrogen-bond donors (Lipinski definition) is 2. The van der Waals surface area contributed by atoms with Crippen LogP contribution in [0.4, 0.5) is 0 Å². The highest BCUT2D eigenvalue weighted by Gasteiger charge is 2.22. The number of carbonyl (C=O) groups is 2. The van der Waals surface area contributed by atoms with E-state index in [2.05, 4.69) is 0 Å². The van der Waals surface area contributed by atoms with Gasteiger partial charge in [-0.05, 0) is 23.3 Å². The van der Waals surface area contributed by atoms with E-state index in [0.717, 1.165) is 11.1 Å². The molecule has 0 bridgehead atoms. The minimum Gasteiger partial charge on any atom is -0.489 e. The topological polar surface area (TPSA) is 93.1 Å². The molecular formula is C22H18O6. The van der Waals surface area contributed by atoms with Crippen LogP contribution in [0.3, 0.4) is 0 Å². The van der Waals surface area contributed by atoms with Crippen LogP contribution in [0.1, 0.15) is 31.8 Å². The van der Waals surface area contributed by atoms with E-state index in [1.165, 1.54) is 12.1 Å². The minimum absolute atomic E-state index is 0.0472. The molecule has 0 fully saturated rings. The van der Waals surface area contributed by atoms with Crippen molar-refractivity contribution in [2.24, 2.45) is 0 Å². The molecule has 0 aliphatic heterocycles. The van der Waals surface area contributed by atoms with Gasteiger partial charge in [0, 0.05) is 0 Å². The first-order valence-corrected chi connectivity index (χ1v) is 8.52. The molecule has 28 heavy (non-hydrogen) atoms. The smallest absolute Gasteiger partial charge is 0.339 e. The van der Waals surface area contributed by atoms with Gasteiger partial charge in [0.25, 0.3) is 0 Å². The van der Waals surface area contributed by atoms with Crippen molar-refractivity contribution in [2.75, 3.05) is 0 Å². The summed E-state index contributed by atoms with van der Waals surface area (Å²) >= 11 is 0. The maximum absolute atomic E-state index is 11.7. The molecule has 3 rings (SSSR count). The summed E-state index contributed by atoms with van der Waals surface area (Å²) in [6.07, 6.45) is 0. The summed E-state index contributed by atoms with van der Waals surface area (Å²) in [4.78, 5) is 23.4. The SMILES string of the molecule is O=C(O)c1cc(OCc2ccccc2)cc(C(=O)O)c1OCc1ccccc1. The Bertz CT molecular complexity index is 932. The lowest BCUT2D eigenvalue weighted by Gasteiger charge is -2.15. The van der Waals surface area contributed by atoms with Crippen molar-refractivity contribution in [3.63, 3.8) is 0 Å². The Kier molecular flexibility index (Phi) is 5.91.